The average molecular weight is 366 g/mol. The van der Waals surface area contributed by atoms with Crippen LogP contribution in [0.3, 0.4) is 0 Å². The molecule has 0 unspecified atom stereocenters. The lowest BCUT2D eigenvalue weighted by Crippen LogP contribution is -2.40. The van der Waals surface area contributed by atoms with Gasteiger partial charge in [0.1, 0.15) is 5.82 Å². The number of carbonyl (C=O) groups excluding carboxylic acids is 1. The van der Waals surface area contributed by atoms with Crippen LogP contribution in [0.4, 0.5) is 0 Å². The molecule has 3 heterocycles. The lowest BCUT2D eigenvalue weighted by atomic mass is 10.2. The first-order valence-corrected chi connectivity index (χ1v) is 9.17. The van der Waals surface area contributed by atoms with E-state index in [9.17, 15) is 9.59 Å². The molecule has 0 bridgehead atoms. The molecular formula is C19H22N6O2. The van der Waals surface area contributed by atoms with Gasteiger partial charge in [0.2, 0.25) is 5.91 Å². The third kappa shape index (κ3) is 3.22. The van der Waals surface area contributed by atoms with E-state index in [2.05, 4.69) is 26.7 Å². The summed E-state index contributed by atoms with van der Waals surface area (Å²) in [6.45, 7) is 5.62. The van der Waals surface area contributed by atoms with Crippen LogP contribution >= 0.6 is 0 Å². The standard InChI is InChI=1S/C19H22N6O2/c1-13-10-24(11-17-22-21-14(2)25(13)17)18(26)8-5-9-23-12-20-16-7-4-3-6-15(16)19(23)27/h3-4,6-7,12-13H,5,8-11H2,1-2H3/t13-/m0/s1. The highest BCUT2D eigenvalue weighted by molar-refractivity contribution is 5.77. The Morgan fingerprint density at radius 1 is 1.26 bits per heavy atom. The fraction of sp³-hybridized carbons (Fsp3) is 0.421. The Balaban J connectivity index is 1.39. The van der Waals surface area contributed by atoms with Gasteiger partial charge in [0.25, 0.3) is 5.56 Å². The summed E-state index contributed by atoms with van der Waals surface area (Å²) in [6, 6.07) is 7.46. The Morgan fingerprint density at radius 2 is 2.07 bits per heavy atom. The summed E-state index contributed by atoms with van der Waals surface area (Å²) < 4.78 is 3.67. The van der Waals surface area contributed by atoms with E-state index >= 15 is 0 Å². The Morgan fingerprint density at radius 3 is 2.93 bits per heavy atom. The van der Waals surface area contributed by atoms with Gasteiger partial charge in [-0.25, -0.2) is 4.98 Å². The minimum atomic E-state index is -0.0665. The van der Waals surface area contributed by atoms with Crippen molar-refractivity contribution in [3.63, 3.8) is 0 Å². The first-order chi connectivity index (χ1) is 13.0. The van der Waals surface area contributed by atoms with Crippen LogP contribution in [0.5, 0.6) is 0 Å². The molecule has 0 saturated heterocycles. The van der Waals surface area contributed by atoms with Crippen LogP contribution < -0.4 is 5.56 Å². The van der Waals surface area contributed by atoms with Gasteiger partial charge in [-0.1, -0.05) is 12.1 Å². The molecule has 0 aliphatic carbocycles. The fourth-order valence-electron chi connectivity index (χ4n) is 3.74. The summed E-state index contributed by atoms with van der Waals surface area (Å²) in [7, 11) is 0. The number of carbonyl (C=O) groups is 1. The minimum Gasteiger partial charge on any atom is -0.333 e. The van der Waals surface area contributed by atoms with Crippen LogP contribution in [0.1, 0.15) is 37.5 Å². The van der Waals surface area contributed by atoms with Gasteiger partial charge in [0, 0.05) is 19.5 Å². The topological polar surface area (TPSA) is 85.9 Å². The van der Waals surface area contributed by atoms with Crippen molar-refractivity contribution in [3.05, 3.63) is 52.6 Å². The summed E-state index contributed by atoms with van der Waals surface area (Å²) in [5, 5.41) is 8.88. The van der Waals surface area contributed by atoms with Gasteiger partial charge in [-0.05, 0) is 32.4 Å². The van der Waals surface area contributed by atoms with E-state index in [4.69, 9.17) is 0 Å². The summed E-state index contributed by atoms with van der Waals surface area (Å²) in [6.07, 6.45) is 2.54. The Labute approximate surface area is 156 Å². The summed E-state index contributed by atoms with van der Waals surface area (Å²) in [4.78, 5) is 31.3. The number of fused-ring (bicyclic) bond motifs is 2. The first-order valence-electron chi connectivity index (χ1n) is 9.17. The van der Waals surface area contributed by atoms with Gasteiger partial charge in [0.05, 0.1) is 29.8 Å². The molecule has 0 N–H and O–H groups in total. The molecule has 0 radical (unpaired) electrons. The summed E-state index contributed by atoms with van der Waals surface area (Å²) in [5.74, 6) is 1.79. The highest BCUT2D eigenvalue weighted by Crippen LogP contribution is 2.21. The smallest absolute Gasteiger partial charge is 0.261 e. The predicted octanol–water partition coefficient (Wildman–Crippen LogP) is 1.68. The molecule has 4 rings (SSSR count). The van der Waals surface area contributed by atoms with E-state index in [1.165, 1.54) is 0 Å². The van der Waals surface area contributed by atoms with Gasteiger partial charge in [-0.2, -0.15) is 0 Å². The van der Waals surface area contributed by atoms with E-state index in [-0.39, 0.29) is 17.5 Å². The molecule has 27 heavy (non-hydrogen) atoms. The molecule has 1 atom stereocenters. The number of hydrogen-bond donors (Lipinski definition) is 0. The highest BCUT2D eigenvalue weighted by atomic mass is 16.2. The third-order valence-electron chi connectivity index (χ3n) is 5.07. The van der Waals surface area contributed by atoms with Crippen LogP contribution in [0.25, 0.3) is 10.9 Å². The van der Waals surface area contributed by atoms with Gasteiger partial charge >= 0.3 is 0 Å². The third-order valence-corrected chi connectivity index (χ3v) is 5.07. The number of para-hydroxylation sites is 1. The number of aryl methyl sites for hydroxylation is 2. The fourth-order valence-corrected chi connectivity index (χ4v) is 3.74. The molecule has 2 aromatic heterocycles. The molecule has 0 saturated carbocycles. The number of benzene rings is 1. The van der Waals surface area contributed by atoms with Crippen molar-refractivity contribution in [1.29, 1.82) is 0 Å². The van der Waals surface area contributed by atoms with E-state index in [1.54, 1.807) is 17.0 Å². The van der Waals surface area contributed by atoms with Crippen LogP contribution in [0.2, 0.25) is 0 Å². The second kappa shape index (κ2) is 6.94. The molecule has 3 aromatic rings. The molecule has 1 amide bonds. The van der Waals surface area contributed by atoms with Crippen molar-refractivity contribution in [2.45, 2.75) is 45.8 Å². The van der Waals surface area contributed by atoms with Crippen molar-refractivity contribution in [2.75, 3.05) is 6.54 Å². The van der Waals surface area contributed by atoms with Gasteiger partial charge in [-0.3, -0.25) is 14.2 Å². The van der Waals surface area contributed by atoms with E-state index < -0.39 is 0 Å². The Hall–Kier alpha value is -3.03. The zero-order valence-corrected chi connectivity index (χ0v) is 15.5. The van der Waals surface area contributed by atoms with Crippen LogP contribution in [0, 0.1) is 6.92 Å². The maximum atomic E-state index is 12.6. The van der Waals surface area contributed by atoms with Crippen molar-refractivity contribution in [1.82, 2.24) is 29.2 Å². The SMILES string of the molecule is Cc1nnc2n1[C@@H](C)CN(C(=O)CCCn1cnc3ccccc3c1=O)C2. The summed E-state index contributed by atoms with van der Waals surface area (Å²) in [5.41, 5.74) is 0.625. The maximum Gasteiger partial charge on any atom is 0.261 e. The van der Waals surface area contributed by atoms with Crippen molar-refractivity contribution < 1.29 is 4.79 Å². The zero-order chi connectivity index (χ0) is 19.0. The lowest BCUT2D eigenvalue weighted by molar-refractivity contribution is -0.133. The van der Waals surface area contributed by atoms with E-state index in [0.717, 1.165) is 11.6 Å². The molecule has 1 aromatic carbocycles. The predicted molar refractivity (Wildman–Crippen MR) is 100 cm³/mol. The van der Waals surface area contributed by atoms with Gasteiger partial charge in [-0.15, -0.1) is 10.2 Å². The molecule has 0 fully saturated rings. The number of aromatic nitrogens is 5. The largest absolute Gasteiger partial charge is 0.333 e. The molecule has 1 aliphatic heterocycles. The normalized spacial score (nSPS) is 16.5. The molecular weight excluding hydrogens is 344 g/mol. The second-order valence-electron chi connectivity index (χ2n) is 7.02. The van der Waals surface area contributed by atoms with Gasteiger partial charge in [0.15, 0.2) is 5.82 Å². The number of amides is 1. The number of hydrogen-bond acceptors (Lipinski definition) is 5. The number of rotatable bonds is 4. The number of nitrogens with zero attached hydrogens (tertiary/aromatic N) is 6. The molecule has 8 heteroatoms. The van der Waals surface area contributed by atoms with Crippen molar-refractivity contribution in [2.24, 2.45) is 0 Å². The van der Waals surface area contributed by atoms with E-state index in [0.29, 0.717) is 43.4 Å². The monoisotopic (exact) mass is 366 g/mol. The average Bonchev–Trinajstić information content (AvgIpc) is 3.05. The summed E-state index contributed by atoms with van der Waals surface area (Å²) >= 11 is 0. The molecule has 0 spiro atoms. The van der Waals surface area contributed by atoms with E-state index in [1.807, 2.05) is 30.0 Å². The van der Waals surface area contributed by atoms with Crippen molar-refractivity contribution >= 4 is 16.8 Å². The molecule has 1 aliphatic rings. The molecule has 8 nitrogen and oxygen atoms in total. The first kappa shape index (κ1) is 17.4. The minimum absolute atomic E-state index is 0.0665. The second-order valence-corrected chi connectivity index (χ2v) is 7.02. The zero-order valence-electron chi connectivity index (χ0n) is 15.5. The highest BCUT2D eigenvalue weighted by Gasteiger charge is 2.27. The Bertz CT molecular complexity index is 1050. The van der Waals surface area contributed by atoms with Crippen LogP contribution in [0.15, 0.2) is 35.4 Å². The molecule has 140 valence electrons. The maximum absolute atomic E-state index is 12.6. The van der Waals surface area contributed by atoms with Crippen LogP contribution in [-0.2, 0) is 17.9 Å². The van der Waals surface area contributed by atoms with Crippen molar-refractivity contribution in [3.8, 4) is 0 Å². The van der Waals surface area contributed by atoms with Gasteiger partial charge < -0.3 is 9.47 Å². The quantitative estimate of drug-likeness (QED) is 0.701. The lowest BCUT2D eigenvalue weighted by Gasteiger charge is -2.32. The van der Waals surface area contributed by atoms with Crippen LogP contribution in [-0.4, -0.2) is 41.7 Å². The Kier molecular flexibility index (Phi) is 4.47.